The van der Waals surface area contributed by atoms with E-state index in [0.29, 0.717) is 6.42 Å². The van der Waals surface area contributed by atoms with E-state index in [4.69, 9.17) is 5.73 Å². The molecule has 3 atom stereocenters. The highest BCUT2D eigenvalue weighted by molar-refractivity contribution is 4.70. The molecule has 4 N–H and O–H groups in total. The van der Waals surface area contributed by atoms with Gasteiger partial charge >= 0.3 is 0 Å². The summed E-state index contributed by atoms with van der Waals surface area (Å²) in [7, 11) is 0. The summed E-state index contributed by atoms with van der Waals surface area (Å²) >= 11 is 0. The van der Waals surface area contributed by atoms with Crippen molar-refractivity contribution in [3.05, 3.63) is 0 Å². The van der Waals surface area contributed by atoms with Gasteiger partial charge < -0.3 is 15.9 Å². The van der Waals surface area contributed by atoms with Gasteiger partial charge in [0.05, 0.1) is 12.2 Å². The normalized spacial score (nSPS) is 15.9. The van der Waals surface area contributed by atoms with Gasteiger partial charge in [0.25, 0.3) is 0 Å². The first-order valence-corrected chi connectivity index (χ1v) is 9.19. The van der Waals surface area contributed by atoms with Crippen molar-refractivity contribution in [3.8, 4) is 0 Å². The van der Waals surface area contributed by atoms with Gasteiger partial charge in [0.2, 0.25) is 0 Å². The summed E-state index contributed by atoms with van der Waals surface area (Å²) in [5.41, 5.74) is 5.58. The maximum absolute atomic E-state index is 9.80. The van der Waals surface area contributed by atoms with E-state index in [9.17, 15) is 10.2 Å². The number of nitrogens with two attached hydrogens (primary N) is 1. The van der Waals surface area contributed by atoms with Gasteiger partial charge in [-0.2, -0.15) is 0 Å². The Bertz CT molecular complexity index is 209. The van der Waals surface area contributed by atoms with Crippen LogP contribution in [-0.2, 0) is 0 Å². The van der Waals surface area contributed by atoms with Gasteiger partial charge in [-0.3, -0.25) is 0 Å². The summed E-state index contributed by atoms with van der Waals surface area (Å²) in [6.45, 7) is 4.04. The number of rotatable bonds is 15. The molecule has 0 aromatic carbocycles. The highest BCUT2D eigenvalue weighted by Crippen LogP contribution is 2.14. The van der Waals surface area contributed by atoms with E-state index in [1.54, 1.807) is 6.92 Å². The minimum absolute atomic E-state index is 0.253. The maximum atomic E-state index is 9.80. The third-order valence-electron chi connectivity index (χ3n) is 4.26. The Labute approximate surface area is 132 Å². The molecule has 0 heterocycles. The van der Waals surface area contributed by atoms with Crippen LogP contribution in [0.15, 0.2) is 0 Å². The van der Waals surface area contributed by atoms with E-state index in [1.165, 1.54) is 64.2 Å². The quantitative estimate of drug-likeness (QED) is 0.398. The first-order chi connectivity index (χ1) is 10.1. The topological polar surface area (TPSA) is 66.5 Å². The molecule has 0 saturated heterocycles. The average molecular weight is 302 g/mol. The summed E-state index contributed by atoms with van der Waals surface area (Å²) in [5, 5.41) is 19.4. The molecule has 0 aromatic rings. The summed E-state index contributed by atoms with van der Waals surface area (Å²) in [5.74, 6) is 0. The summed E-state index contributed by atoms with van der Waals surface area (Å²) < 4.78 is 0. The molecule has 21 heavy (non-hydrogen) atoms. The molecular formula is C18H39NO2. The second-order valence-corrected chi connectivity index (χ2v) is 6.64. The lowest BCUT2D eigenvalue weighted by Crippen LogP contribution is -2.34. The lowest BCUT2D eigenvalue weighted by atomic mass is 10.0. The van der Waals surface area contributed by atoms with Crippen molar-refractivity contribution in [2.24, 2.45) is 5.73 Å². The smallest absolute Gasteiger partial charge is 0.0712 e. The van der Waals surface area contributed by atoms with Crippen molar-refractivity contribution < 1.29 is 10.2 Å². The van der Waals surface area contributed by atoms with Crippen LogP contribution in [0.25, 0.3) is 0 Å². The predicted molar refractivity (Wildman–Crippen MR) is 91.4 cm³/mol. The monoisotopic (exact) mass is 301 g/mol. The summed E-state index contributed by atoms with van der Waals surface area (Å²) in [6, 6.07) is -0.253. The molecule has 0 fully saturated rings. The Morgan fingerprint density at radius 1 is 0.762 bits per heavy atom. The first-order valence-electron chi connectivity index (χ1n) is 9.19. The van der Waals surface area contributed by atoms with Crippen LogP contribution >= 0.6 is 0 Å². The Balaban J connectivity index is 3.21. The molecule has 0 aromatic heterocycles. The predicted octanol–water partition coefficient (Wildman–Crippen LogP) is 4.15. The van der Waals surface area contributed by atoms with Crippen LogP contribution in [0.5, 0.6) is 0 Å². The Morgan fingerprint density at radius 3 is 1.62 bits per heavy atom. The van der Waals surface area contributed by atoms with Crippen molar-refractivity contribution in [2.75, 3.05) is 0 Å². The highest BCUT2D eigenvalue weighted by Gasteiger charge is 2.14. The van der Waals surface area contributed by atoms with Gasteiger partial charge in [-0.15, -0.1) is 0 Å². The minimum atomic E-state index is -0.576. The summed E-state index contributed by atoms with van der Waals surface area (Å²) in [4.78, 5) is 0. The standard InChI is InChI=1S/C18H39NO2/c1-3-4-5-6-7-8-9-10-11-12-13-14-17(20)15-18(21)16(2)19/h16-18,20-21H,3-15,19H2,1-2H3/t16?,17-,18-/m0/s1. The van der Waals surface area contributed by atoms with Gasteiger partial charge in [-0.05, 0) is 13.3 Å². The number of aliphatic hydroxyl groups is 2. The molecular weight excluding hydrogens is 262 g/mol. The van der Waals surface area contributed by atoms with E-state index in [-0.39, 0.29) is 6.04 Å². The van der Waals surface area contributed by atoms with Crippen LogP contribution in [-0.4, -0.2) is 28.5 Å². The third-order valence-corrected chi connectivity index (χ3v) is 4.26. The first kappa shape index (κ1) is 20.9. The van der Waals surface area contributed by atoms with Gasteiger partial charge in [-0.1, -0.05) is 77.6 Å². The fraction of sp³-hybridized carbons (Fsp3) is 1.00. The molecule has 0 rings (SSSR count). The minimum Gasteiger partial charge on any atom is -0.393 e. The van der Waals surface area contributed by atoms with Gasteiger partial charge in [0, 0.05) is 12.5 Å². The van der Waals surface area contributed by atoms with Gasteiger partial charge in [0.15, 0.2) is 0 Å². The molecule has 0 spiro atoms. The Kier molecular flexibility index (Phi) is 14.7. The van der Waals surface area contributed by atoms with Gasteiger partial charge in [-0.25, -0.2) is 0 Å². The summed E-state index contributed by atoms with van der Waals surface area (Å²) in [6.07, 6.45) is 14.7. The van der Waals surface area contributed by atoms with Gasteiger partial charge in [0.1, 0.15) is 0 Å². The fourth-order valence-corrected chi connectivity index (χ4v) is 2.66. The van der Waals surface area contributed by atoms with E-state index in [2.05, 4.69) is 6.92 Å². The molecule has 0 radical (unpaired) electrons. The molecule has 0 amide bonds. The highest BCUT2D eigenvalue weighted by atomic mass is 16.3. The molecule has 0 aliphatic rings. The van der Waals surface area contributed by atoms with Crippen LogP contribution in [0, 0.1) is 0 Å². The Morgan fingerprint density at radius 2 is 1.19 bits per heavy atom. The van der Waals surface area contributed by atoms with E-state index < -0.39 is 12.2 Å². The van der Waals surface area contributed by atoms with E-state index in [0.717, 1.165) is 12.8 Å². The second kappa shape index (κ2) is 14.8. The zero-order valence-corrected chi connectivity index (χ0v) is 14.4. The largest absolute Gasteiger partial charge is 0.393 e. The number of aliphatic hydroxyl groups excluding tert-OH is 2. The van der Waals surface area contributed by atoms with Crippen molar-refractivity contribution in [3.63, 3.8) is 0 Å². The SMILES string of the molecule is CCCCCCCCCCCCC[C@H](O)C[C@H](O)C(C)N. The number of hydrogen-bond donors (Lipinski definition) is 3. The zero-order valence-electron chi connectivity index (χ0n) is 14.4. The van der Waals surface area contributed by atoms with Crippen LogP contribution in [0.1, 0.15) is 97.3 Å². The molecule has 128 valence electrons. The van der Waals surface area contributed by atoms with Crippen LogP contribution < -0.4 is 5.73 Å². The van der Waals surface area contributed by atoms with Crippen LogP contribution in [0.3, 0.4) is 0 Å². The molecule has 0 aliphatic carbocycles. The number of hydrogen-bond acceptors (Lipinski definition) is 3. The van der Waals surface area contributed by atoms with Crippen molar-refractivity contribution in [1.82, 2.24) is 0 Å². The van der Waals surface area contributed by atoms with Crippen molar-refractivity contribution in [1.29, 1.82) is 0 Å². The molecule has 3 heteroatoms. The second-order valence-electron chi connectivity index (χ2n) is 6.64. The molecule has 0 saturated carbocycles. The van der Waals surface area contributed by atoms with Crippen molar-refractivity contribution >= 4 is 0 Å². The molecule has 3 nitrogen and oxygen atoms in total. The lowest BCUT2D eigenvalue weighted by Gasteiger charge is -2.18. The van der Waals surface area contributed by atoms with E-state index >= 15 is 0 Å². The fourth-order valence-electron chi connectivity index (χ4n) is 2.66. The number of unbranched alkanes of at least 4 members (excludes halogenated alkanes) is 10. The van der Waals surface area contributed by atoms with Crippen molar-refractivity contribution in [2.45, 2.75) is 116 Å². The van der Waals surface area contributed by atoms with E-state index in [1.807, 2.05) is 0 Å². The zero-order chi connectivity index (χ0) is 15.9. The maximum Gasteiger partial charge on any atom is 0.0712 e. The Hall–Kier alpha value is -0.120. The average Bonchev–Trinajstić information content (AvgIpc) is 2.44. The van der Waals surface area contributed by atoms with Crippen LogP contribution in [0.2, 0.25) is 0 Å². The van der Waals surface area contributed by atoms with Crippen LogP contribution in [0.4, 0.5) is 0 Å². The lowest BCUT2D eigenvalue weighted by molar-refractivity contribution is 0.0629. The molecule has 1 unspecified atom stereocenters. The molecule has 0 bridgehead atoms. The third kappa shape index (κ3) is 14.6. The molecule has 0 aliphatic heterocycles.